The van der Waals surface area contributed by atoms with Crippen LogP contribution in [-0.4, -0.2) is 0 Å². The molecule has 0 radical (unpaired) electrons. The predicted octanol–water partition coefficient (Wildman–Crippen LogP) is 7.28. The molecule has 1 spiro atoms. The van der Waals surface area contributed by atoms with Crippen LogP contribution in [0.5, 0.6) is 0 Å². The van der Waals surface area contributed by atoms with Gasteiger partial charge in [0.25, 0.3) is 0 Å². The zero-order valence-corrected chi connectivity index (χ0v) is 15.4. The van der Waals surface area contributed by atoms with Crippen LogP contribution in [0.2, 0.25) is 45.6 Å². The maximum absolute atomic E-state index is 3.38. The van der Waals surface area contributed by atoms with Crippen molar-refractivity contribution in [3.8, 4) is 0 Å². The van der Waals surface area contributed by atoms with Crippen molar-refractivity contribution in [3.63, 3.8) is 0 Å². The Morgan fingerprint density at radius 1 is 0.619 bits per heavy atom. The third kappa shape index (κ3) is 0.0882. The second-order valence-corrected chi connectivity index (χ2v) is 35.3. The van der Waals surface area contributed by atoms with Gasteiger partial charge in [0.2, 0.25) is 0 Å². The van der Waals surface area contributed by atoms with Gasteiger partial charge in [-0.2, -0.15) is 0 Å². The van der Waals surface area contributed by atoms with E-state index < -0.39 is 6.51 Å². The van der Waals surface area contributed by atoms with Crippen LogP contribution in [0.1, 0.15) is 66.7 Å². The van der Waals surface area contributed by atoms with E-state index in [1.165, 1.54) is 24.1 Å². The number of hydrogen-bond donors (Lipinski definition) is 0. The zero-order chi connectivity index (χ0) is 14.2. The summed E-state index contributed by atoms with van der Waals surface area (Å²) < 4.78 is 5.38. The Hall–Kier alpha value is 0.519. The first-order chi connectivity index (χ1) is 9.91. The van der Waals surface area contributed by atoms with Crippen LogP contribution in [0.3, 0.4) is 0 Å². The molecule has 0 saturated carbocycles. The van der Waals surface area contributed by atoms with E-state index in [2.05, 4.69) is 34.6 Å². The first-order valence-electron chi connectivity index (χ1n) is 10.1. The Balaban J connectivity index is 1.68. The van der Waals surface area contributed by atoms with Crippen LogP contribution in [0.25, 0.3) is 0 Å². The minimum atomic E-state index is -3.38. The summed E-state index contributed by atoms with van der Waals surface area (Å²) in [6, 6.07) is 0. The molecule has 10 aliphatic rings. The molecule has 0 aromatic heterocycles. The van der Waals surface area contributed by atoms with E-state index in [0.717, 1.165) is 21.6 Å². The van der Waals surface area contributed by atoms with Crippen molar-refractivity contribution in [1.82, 2.24) is 0 Å². The molecule has 21 heavy (non-hydrogen) atoms. The topological polar surface area (TPSA) is 0 Å². The summed E-state index contributed by atoms with van der Waals surface area (Å²) in [5.41, 5.74) is 0. The van der Waals surface area contributed by atoms with Crippen LogP contribution in [0.4, 0.5) is 0 Å². The summed E-state index contributed by atoms with van der Waals surface area (Å²) in [5, 5.41) is 0. The number of fused-ring (bicyclic) bond motifs is 10. The van der Waals surface area contributed by atoms with E-state index in [0.29, 0.717) is 0 Å². The minimum absolute atomic E-state index is 1.05. The molecule has 0 nitrogen and oxygen atoms in total. The van der Waals surface area contributed by atoms with Crippen LogP contribution >= 0.6 is 0 Å². The van der Waals surface area contributed by atoms with Gasteiger partial charge >= 0.3 is 119 Å². The Bertz CT molecular complexity index is 1110. The van der Waals surface area contributed by atoms with Crippen molar-refractivity contribution in [2.75, 3.05) is 0 Å². The van der Waals surface area contributed by atoms with Crippen molar-refractivity contribution in [2.24, 2.45) is 0 Å². The van der Waals surface area contributed by atoms with Gasteiger partial charge < -0.3 is 0 Å². The monoisotopic (exact) mass is 326 g/mol. The molecule has 10 heterocycles. The molecular formula is C20H30Fe. The molecular weight excluding hydrogens is 296 g/mol. The van der Waals surface area contributed by atoms with E-state index in [4.69, 9.17) is 0 Å². The quantitative estimate of drug-likeness (QED) is 0.466. The van der Waals surface area contributed by atoms with Gasteiger partial charge in [0, 0.05) is 0 Å². The Kier molecular flexibility index (Phi) is 0.397. The second kappa shape index (κ2) is 0.857. The van der Waals surface area contributed by atoms with Gasteiger partial charge in [-0.3, -0.25) is 0 Å². The van der Waals surface area contributed by atoms with Gasteiger partial charge in [0.15, 0.2) is 0 Å². The molecule has 1 heteroatoms. The molecule has 0 aromatic carbocycles. The summed E-state index contributed by atoms with van der Waals surface area (Å²) >= 11 is 0. The first kappa shape index (κ1) is 9.73. The molecule has 0 amide bonds. The van der Waals surface area contributed by atoms with Crippen LogP contribution in [-0.2, 0) is 6.51 Å². The molecule has 0 N–H and O–H groups in total. The molecule has 10 aliphatic heterocycles. The van der Waals surface area contributed by atoms with E-state index in [-0.39, 0.29) is 0 Å². The van der Waals surface area contributed by atoms with Crippen LogP contribution in [0, 0.1) is 0 Å². The van der Waals surface area contributed by atoms with Crippen LogP contribution < -0.4 is 0 Å². The average Bonchev–Trinajstić information content (AvgIpc) is 3.47. The fraction of sp³-hybridized carbons (Fsp3) is 1.00. The molecule has 10 fully saturated rings. The van der Waals surface area contributed by atoms with Crippen LogP contribution in [0.15, 0.2) is 0 Å². The standard InChI is InChI=1S/C11H17.C9H13.Fe/c1-4-9-7-8-10(5-2)11(9)6-3;1-3-8-5-6-9(4-2)7-8;/h7-8H,4-6H2,1-3H3;5-7H,3-4H2,1-2H3;. The first-order valence-corrected chi connectivity index (χ1v) is 16.1. The van der Waals surface area contributed by atoms with Crippen molar-refractivity contribution < 1.29 is 6.51 Å². The van der Waals surface area contributed by atoms with Gasteiger partial charge in [0.05, 0.1) is 0 Å². The molecule has 10 rings (SSSR count). The molecule has 118 valence electrons. The second-order valence-electron chi connectivity index (χ2n) is 12.5. The molecule has 0 bridgehead atoms. The fourth-order valence-electron chi connectivity index (χ4n) is 25.1. The summed E-state index contributed by atoms with van der Waals surface area (Å²) in [6.45, 7) is 9.92. The SMILES string of the molecule is CC[C]12[CH]3[CH]4[C]5(CC)[CH]1[Fe]34251678[CH]2[CH]1[C]6(CC)[C]7(CC)[C]28CC. The number of rotatable bonds is 5. The number of hydrogen-bond acceptors (Lipinski definition) is 0. The molecule has 10 saturated heterocycles. The predicted molar refractivity (Wildman–Crippen MR) is 83.7 cm³/mol. The van der Waals surface area contributed by atoms with E-state index in [1.807, 2.05) is 0 Å². The normalized spacial score (nSPS) is 113. The van der Waals surface area contributed by atoms with Gasteiger partial charge in [-0.1, -0.05) is 0 Å². The maximum atomic E-state index is 2.67. The van der Waals surface area contributed by atoms with Crippen molar-refractivity contribution in [3.05, 3.63) is 0 Å². The molecule has 0 aromatic rings. The average molecular weight is 326 g/mol. The van der Waals surface area contributed by atoms with Gasteiger partial charge in [0.1, 0.15) is 0 Å². The Labute approximate surface area is 119 Å². The van der Waals surface area contributed by atoms with E-state index >= 15 is 0 Å². The summed E-state index contributed by atoms with van der Waals surface area (Å²) in [4.78, 5) is 7.19. The third-order valence-corrected chi connectivity index (χ3v) is 67.2. The Morgan fingerprint density at radius 3 is 1.38 bits per heavy atom. The Morgan fingerprint density at radius 2 is 1.10 bits per heavy atom. The summed E-state index contributed by atoms with van der Waals surface area (Å²) in [5.74, 6) is 0. The summed E-state index contributed by atoms with van der Waals surface area (Å²) in [7, 11) is 0. The van der Waals surface area contributed by atoms with Gasteiger partial charge in [-0.05, 0) is 0 Å². The van der Waals surface area contributed by atoms with E-state index in [9.17, 15) is 0 Å². The fourth-order valence-corrected chi connectivity index (χ4v) is 115. The van der Waals surface area contributed by atoms with E-state index in [1.54, 1.807) is 32.1 Å². The summed E-state index contributed by atoms with van der Waals surface area (Å²) in [6.07, 6.45) is 8.22. The van der Waals surface area contributed by atoms with Gasteiger partial charge in [-0.15, -0.1) is 0 Å². The third-order valence-electron chi connectivity index (χ3n) is 19.4. The zero-order valence-electron chi connectivity index (χ0n) is 14.3. The van der Waals surface area contributed by atoms with Crippen molar-refractivity contribution >= 4 is 0 Å². The molecule has 0 aliphatic carbocycles. The molecule has 8 atom stereocenters. The van der Waals surface area contributed by atoms with Gasteiger partial charge in [-0.25, -0.2) is 0 Å². The van der Waals surface area contributed by atoms with Crippen molar-refractivity contribution in [2.45, 2.75) is 112 Å². The molecule has 8 unspecified atom stereocenters. The van der Waals surface area contributed by atoms with Crippen molar-refractivity contribution in [1.29, 1.82) is 0 Å².